The maximum atomic E-state index is 11.9. The van der Waals surface area contributed by atoms with E-state index in [2.05, 4.69) is 10.6 Å². The van der Waals surface area contributed by atoms with Gasteiger partial charge in [-0.2, -0.15) is 0 Å². The van der Waals surface area contributed by atoms with Gasteiger partial charge < -0.3 is 20.5 Å². The van der Waals surface area contributed by atoms with E-state index in [1.807, 2.05) is 19.1 Å². The number of hydrogen-bond acceptors (Lipinski definition) is 3. The van der Waals surface area contributed by atoms with Crippen LogP contribution in [0.4, 0.5) is 10.5 Å². The van der Waals surface area contributed by atoms with Gasteiger partial charge in [0.2, 0.25) is 0 Å². The van der Waals surface area contributed by atoms with Crippen molar-refractivity contribution in [1.82, 2.24) is 5.32 Å². The summed E-state index contributed by atoms with van der Waals surface area (Å²) in [6, 6.07) is 6.77. The molecule has 2 amide bonds. The molecule has 1 saturated heterocycles. The van der Waals surface area contributed by atoms with Crippen molar-refractivity contribution in [1.29, 1.82) is 0 Å². The highest BCUT2D eigenvalue weighted by Crippen LogP contribution is 2.21. The first-order valence-electron chi connectivity index (χ1n) is 6.49. The summed E-state index contributed by atoms with van der Waals surface area (Å²) in [5.74, 6) is -1.03. The molecule has 3 N–H and O–H groups in total. The average molecular weight is 278 g/mol. The standard InChI is InChI=1S/C14H18N2O4/c1-10-2-4-11(5-3-10)15-13(19)16-14(12(17)18)6-8-20-9-7-14/h2-5H,6-9H2,1H3,(H,17,18)(H2,15,16,19). The first-order chi connectivity index (χ1) is 9.52. The minimum Gasteiger partial charge on any atom is -0.480 e. The maximum absolute atomic E-state index is 11.9. The van der Waals surface area contributed by atoms with Gasteiger partial charge in [0.05, 0.1) is 0 Å². The third-order valence-corrected chi connectivity index (χ3v) is 3.42. The van der Waals surface area contributed by atoms with Crippen LogP contribution in [0.1, 0.15) is 18.4 Å². The van der Waals surface area contributed by atoms with E-state index in [0.717, 1.165) is 5.56 Å². The van der Waals surface area contributed by atoms with Crippen molar-refractivity contribution in [2.24, 2.45) is 0 Å². The molecule has 0 atom stereocenters. The van der Waals surface area contributed by atoms with Gasteiger partial charge in [-0.15, -0.1) is 0 Å². The Bertz CT molecular complexity index is 492. The summed E-state index contributed by atoms with van der Waals surface area (Å²) in [6.45, 7) is 2.61. The molecule has 0 bridgehead atoms. The molecule has 1 fully saturated rings. The minimum absolute atomic E-state index is 0.268. The number of nitrogens with one attached hydrogen (secondary N) is 2. The normalized spacial score (nSPS) is 17.2. The van der Waals surface area contributed by atoms with Crippen LogP contribution >= 0.6 is 0 Å². The number of hydrogen-bond donors (Lipinski definition) is 3. The number of carbonyl (C=O) groups excluding carboxylic acids is 1. The molecule has 1 aromatic carbocycles. The van der Waals surface area contributed by atoms with Crippen LogP contribution in [0.25, 0.3) is 0 Å². The summed E-state index contributed by atoms with van der Waals surface area (Å²) in [7, 11) is 0. The topological polar surface area (TPSA) is 87.7 Å². The number of aliphatic carboxylic acids is 1. The first kappa shape index (κ1) is 14.3. The zero-order valence-electron chi connectivity index (χ0n) is 11.3. The highest BCUT2D eigenvalue weighted by atomic mass is 16.5. The maximum Gasteiger partial charge on any atom is 0.329 e. The number of aryl methyl sites for hydroxylation is 1. The molecule has 1 aliphatic rings. The van der Waals surface area contributed by atoms with Crippen molar-refractivity contribution in [3.8, 4) is 0 Å². The fourth-order valence-corrected chi connectivity index (χ4v) is 2.13. The predicted octanol–water partition coefficient (Wildman–Crippen LogP) is 1.75. The van der Waals surface area contributed by atoms with Crippen LogP contribution in [0.2, 0.25) is 0 Å². The Hall–Kier alpha value is -2.08. The number of rotatable bonds is 3. The monoisotopic (exact) mass is 278 g/mol. The van der Waals surface area contributed by atoms with E-state index in [9.17, 15) is 14.7 Å². The minimum atomic E-state index is -1.24. The molecular weight excluding hydrogens is 260 g/mol. The van der Waals surface area contributed by atoms with E-state index in [4.69, 9.17) is 4.74 Å². The van der Waals surface area contributed by atoms with Crippen LogP contribution in [0.3, 0.4) is 0 Å². The molecule has 2 rings (SSSR count). The van der Waals surface area contributed by atoms with Crippen LogP contribution in [0, 0.1) is 6.92 Å². The lowest BCUT2D eigenvalue weighted by atomic mass is 9.90. The van der Waals surface area contributed by atoms with E-state index in [1.54, 1.807) is 12.1 Å². The van der Waals surface area contributed by atoms with Crippen molar-refractivity contribution < 1.29 is 19.4 Å². The summed E-state index contributed by atoms with van der Waals surface area (Å²) in [5.41, 5.74) is 0.468. The highest BCUT2D eigenvalue weighted by Gasteiger charge is 2.41. The Morgan fingerprint density at radius 2 is 1.80 bits per heavy atom. The molecule has 0 spiro atoms. The van der Waals surface area contributed by atoms with Crippen LogP contribution in [-0.4, -0.2) is 35.9 Å². The van der Waals surface area contributed by atoms with Crippen LogP contribution in [0.15, 0.2) is 24.3 Å². The van der Waals surface area contributed by atoms with Gasteiger partial charge in [0, 0.05) is 31.7 Å². The van der Waals surface area contributed by atoms with E-state index in [0.29, 0.717) is 18.9 Å². The van der Waals surface area contributed by atoms with Gasteiger partial charge in [-0.25, -0.2) is 9.59 Å². The first-order valence-corrected chi connectivity index (χ1v) is 6.49. The SMILES string of the molecule is Cc1ccc(NC(=O)NC2(C(=O)O)CCOCC2)cc1. The van der Waals surface area contributed by atoms with E-state index >= 15 is 0 Å². The van der Waals surface area contributed by atoms with Crippen molar-refractivity contribution >= 4 is 17.7 Å². The van der Waals surface area contributed by atoms with Gasteiger partial charge in [0.25, 0.3) is 0 Å². The predicted molar refractivity (Wildman–Crippen MR) is 73.8 cm³/mol. The lowest BCUT2D eigenvalue weighted by molar-refractivity contribution is -0.148. The molecule has 1 heterocycles. The number of ether oxygens (including phenoxy) is 1. The molecule has 0 aliphatic carbocycles. The second-order valence-corrected chi connectivity index (χ2v) is 4.94. The molecular formula is C14H18N2O4. The molecule has 0 unspecified atom stereocenters. The number of carboxylic acids is 1. The zero-order valence-corrected chi connectivity index (χ0v) is 11.3. The van der Waals surface area contributed by atoms with E-state index in [1.165, 1.54) is 0 Å². The van der Waals surface area contributed by atoms with Crippen molar-refractivity contribution in [3.05, 3.63) is 29.8 Å². The summed E-state index contributed by atoms with van der Waals surface area (Å²) in [5, 5.41) is 14.5. The molecule has 20 heavy (non-hydrogen) atoms. The van der Waals surface area contributed by atoms with Crippen LogP contribution in [0.5, 0.6) is 0 Å². The molecule has 1 aliphatic heterocycles. The molecule has 1 aromatic rings. The largest absolute Gasteiger partial charge is 0.480 e. The lowest BCUT2D eigenvalue weighted by Crippen LogP contribution is -2.58. The molecule has 6 nitrogen and oxygen atoms in total. The van der Waals surface area contributed by atoms with Gasteiger partial charge in [-0.05, 0) is 19.1 Å². The number of urea groups is 1. The molecule has 108 valence electrons. The van der Waals surface area contributed by atoms with Crippen molar-refractivity contribution in [3.63, 3.8) is 0 Å². The third kappa shape index (κ3) is 3.27. The number of carboxylic acid groups (broad SMARTS) is 1. The summed E-state index contributed by atoms with van der Waals surface area (Å²) in [6.07, 6.45) is 0.535. The Morgan fingerprint density at radius 3 is 2.35 bits per heavy atom. The Balaban J connectivity index is 2.01. The highest BCUT2D eigenvalue weighted by molar-refractivity contribution is 5.94. The second-order valence-electron chi connectivity index (χ2n) is 4.94. The van der Waals surface area contributed by atoms with E-state index < -0.39 is 17.5 Å². The Morgan fingerprint density at radius 1 is 1.20 bits per heavy atom. The number of amides is 2. The molecule has 0 aromatic heterocycles. The van der Waals surface area contributed by atoms with Gasteiger partial charge in [-0.1, -0.05) is 17.7 Å². The zero-order chi connectivity index (χ0) is 14.6. The van der Waals surface area contributed by atoms with Crippen LogP contribution in [-0.2, 0) is 9.53 Å². The smallest absolute Gasteiger partial charge is 0.329 e. The summed E-state index contributed by atoms with van der Waals surface area (Å²) < 4.78 is 5.15. The van der Waals surface area contributed by atoms with Crippen LogP contribution < -0.4 is 10.6 Å². The summed E-state index contributed by atoms with van der Waals surface area (Å²) >= 11 is 0. The molecule has 0 radical (unpaired) electrons. The number of anilines is 1. The Kier molecular flexibility index (Phi) is 4.24. The van der Waals surface area contributed by atoms with Gasteiger partial charge in [-0.3, -0.25) is 0 Å². The second kappa shape index (κ2) is 5.92. The summed E-state index contributed by atoms with van der Waals surface area (Å²) in [4.78, 5) is 23.4. The lowest BCUT2D eigenvalue weighted by Gasteiger charge is -2.33. The molecule has 0 saturated carbocycles. The Labute approximate surface area is 117 Å². The van der Waals surface area contributed by atoms with Gasteiger partial charge in [0.1, 0.15) is 5.54 Å². The number of benzene rings is 1. The quantitative estimate of drug-likeness (QED) is 0.786. The van der Waals surface area contributed by atoms with Gasteiger partial charge in [0.15, 0.2) is 0 Å². The number of carbonyl (C=O) groups is 2. The van der Waals surface area contributed by atoms with Crippen molar-refractivity contribution in [2.75, 3.05) is 18.5 Å². The third-order valence-electron chi connectivity index (χ3n) is 3.42. The average Bonchev–Trinajstić information content (AvgIpc) is 2.42. The fourth-order valence-electron chi connectivity index (χ4n) is 2.13. The van der Waals surface area contributed by atoms with Gasteiger partial charge >= 0.3 is 12.0 Å². The fraction of sp³-hybridized carbons (Fsp3) is 0.429. The molecule has 6 heteroatoms. The van der Waals surface area contributed by atoms with Crippen molar-refractivity contribution in [2.45, 2.75) is 25.3 Å². The van der Waals surface area contributed by atoms with E-state index in [-0.39, 0.29) is 12.8 Å².